The summed E-state index contributed by atoms with van der Waals surface area (Å²) in [4.78, 5) is 0. The predicted molar refractivity (Wildman–Crippen MR) is 91.8 cm³/mol. The maximum absolute atomic E-state index is 6.15. The number of rotatable bonds is 0. The van der Waals surface area contributed by atoms with E-state index in [1.807, 2.05) is 6.08 Å². The van der Waals surface area contributed by atoms with Crippen molar-refractivity contribution < 1.29 is 32.7 Å². The van der Waals surface area contributed by atoms with Crippen molar-refractivity contribution in [3.8, 4) is 0 Å². The molecule has 23 heavy (non-hydrogen) atoms. The molecular weight excluding hydrogens is 353 g/mol. The van der Waals surface area contributed by atoms with Crippen molar-refractivity contribution in [2.24, 2.45) is 0 Å². The number of hydrogen-bond donors (Lipinski definition) is 0. The van der Waals surface area contributed by atoms with Crippen molar-refractivity contribution in [3.05, 3.63) is 101 Å². The molecule has 0 nitrogen and oxygen atoms in total. The first-order chi connectivity index (χ1) is 10.8. The molecule has 0 heterocycles. The minimum atomic E-state index is 0. The van der Waals surface area contributed by atoms with Gasteiger partial charge in [-0.25, -0.2) is 0 Å². The summed E-state index contributed by atoms with van der Waals surface area (Å²) >= 11 is 0. The van der Waals surface area contributed by atoms with Crippen LogP contribution in [0.4, 0.5) is 0 Å². The first kappa shape index (κ1) is 16.6. The zero-order valence-electron chi connectivity index (χ0n) is 13.2. The predicted octanol–water partition coefficient (Wildman–Crippen LogP) is 5.32. The third kappa shape index (κ3) is 3.82. The summed E-state index contributed by atoms with van der Waals surface area (Å²) in [5, 5.41) is 0. The van der Waals surface area contributed by atoms with Crippen molar-refractivity contribution >= 4 is 5.57 Å². The van der Waals surface area contributed by atoms with Crippen LogP contribution >= 0.6 is 0 Å². The molecule has 0 saturated heterocycles. The van der Waals surface area contributed by atoms with Gasteiger partial charge >= 0.3 is 0 Å². The van der Waals surface area contributed by atoms with Gasteiger partial charge in [-0.3, -0.25) is 6.08 Å². The van der Waals surface area contributed by atoms with Crippen molar-refractivity contribution in [1.29, 1.82) is 0 Å². The molecule has 0 fully saturated rings. The van der Waals surface area contributed by atoms with Gasteiger partial charge in [-0.15, -0.1) is 6.08 Å². The summed E-state index contributed by atoms with van der Waals surface area (Å²) in [7, 11) is 0. The average molecular weight is 371 g/mol. The van der Waals surface area contributed by atoms with E-state index < -0.39 is 0 Å². The standard InChI is InChI=1S/C22H18.Y/c1-16-5-6-17-7-8-20(12-17)13-18-3-2-4-21(14-18)22-10-9-19(11-16)15-22;/h1-5,7-10,14H,11-13,15H2;/q-2;. The summed E-state index contributed by atoms with van der Waals surface area (Å²) < 4.78 is 0. The van der Waals surface area contributed by atoms with E-state index in [0.29, 0.717) is 0 Å². The van der Waals surface area contributed by atoms with E-state index in [2.05, 4.69) is 54.6 Å². The Labute approximate surface area is 163 Å². The summed E-state index contributed by atoms with van der Waals surface area (Å²) in [6, 6.07) is 8.94. The molecule has 0 saturated carbocycles. The summed E-state index contributed by atoms with van der Waals surface area (Å²) in [6.07, 6.45) is 18.0. The van der Waals surface area contributed by atoms with Crippen LogP contribution in [0.1, 0.15) is 30.4 Å². The van der Waals surface area contributed by atoms with Gasteiger partial charge < -0.3 is 18.2 Å². The van der Waals surface area contributed by atoms with Crippen molar-refractivity contribution in [2.75, 3.05) is 0 Å². The molecule has 0 amide bonds. The largest absolute Gasteiger partial charge is 0.357 e. The van der Waals surface area contributed by atoms with Crippen molar-refractivity contribution in [2.45, 2.75) is 25.7 Å². The SMILES string of the molecule is [CH-]=C1C=[C-]C2=CC=C(C2)Cc2cccc(c2)C2=CC=C(C1)C2.[Y]. The van der Waals surface area contributed by atoms with Gasteiger partial charge in [-0.05, 0) is 36.0 Å². The maximum atomic E-state index is 6.15. The van der Waals surface area contributed by atoms with Crippen molar-refractivity contribution in [1.82, 2.24) is 0 Å². The average Bonchev–Trinajstić information content (AvgIpc) is 3.14. The van der Waals surface area contributed by atoms with E-state index in [1.54, 1.807) is 0 Å². The molecule has 1 radical (unpaired) electrons. The molecular formula is C22H18Y-2. The Hall–Kier alpha value is -1.24. The Kier molecular flexibility index (Phi) is 5.14. The van der Waals surface area contributed by atoms with Crippen LogP contribution in [0.5, 0.6) is 0 Å². The van der Waals surface area contributed by atoms with Gasteiger partial charge in [0.15, 0.2) is 0 Å². The maximum Gasteiger partial charge on any atom is 0 e. The number of fused-ring (bicyclic) bond motifs is 7. The van der Waals surface area contributed by atoms with E-state index in [-0.39, 0.29) is 32.7 Å². The zero-order chi connectivity index (χ0) is 14.9. The van der Waals surface area contributed by atoms with E-state index in [0.717, 1.165) is 31.3 Å². The van der Waals surface area contributed by atoms with Crippen LogP contribution in [-0.4, -0.2) is 0 Å². The smallest absolute Gasteiger partial charge is 0 e. The Morgan fingerprint density at radius 2 is 1.70 bits per heavy atom. The second-order valence-electron chi connectivity index (χ2n) is 6.30. The molecule has 111 valence electrons. The first-order valence-electron chi connectivity index (χ1n) is 7.84. The molecule has 0 aromatic heterocycles. The minimum absolute atomic E-state index is 0. The number of hydrogen-bond acceptors (Lipinski definition) is 0. The van der Waals surface area contributed by atoms with Gasteiger partial charge in [0.2, 0.25) is 0 Å². The second kappa shape index (κ2) is 7.11. The van der Waals surface area contributed by atoms with E-state index in [4.69, 9.17) is 6.58 Å². The van der Waals surface area contributed by atoms with Crippen LogP contribution < -0.4 is 0 Å². The Morgan fingerprint density at radius 1 is 0.870 bits per heavy atom. The molecule has 1 aromatic carbocycles. The molecule has 3 aliphatic carbocycles. The fourth-order valence-electron chi connectivity index (χ4n) is 3.34. The molecule has 3 aliphatic rings. The quantitative estimate of drug-likeness (QED) is 0.542. The van der Waals surface area contributed by atoms with Gasteiger partial charge in [0.05, 0.1) is 0 Å². The molecule has 4 rings (SSSR count). The fourth-order valence-corrected chi connectivity index (χ4v) is 3.34. The van der Waals surface area contributed by atoms with Crippen LogP contribution in [0.25, 0.3) is 5.57 Å². The molecule has 0 spiro atoms. The topological polar surface area (TPSA) is 0 Å². The van der Waals surface area contributed by atoms with Crippen LogP contribution in [-0.2, 0) is 39.1 Å². The molecule has 1 aromatic rings. The Balaban J connectivity index is 0.00000156. The summed E-state index contributed by atoms with van der Waals surface area (Å²) in [6.45, 7) is 6.15. The number of benzene rings is 1. The van der Waals surface area contributed by atoms with Crippen molar-refractivity contribution in [3.63, 3.8) is 0 Å². The molecule has 1 heteroatoms. The third-order valence-electron chi connectivity index (χ3n) is 4.48. The molecule has 0 unspecified atom stereocenters. The summed E-state index contributed by atoms with van der Waals surface area (Å²) in [5.74, 6) is 0. The van der Waals surface area contributed by atoms with Gasteiger partial charge in [-0.2, -0.15) is 11.6 Å². The second-order valence-corrected chi connectivity index (χ2v) is 6.30. The van der Waals surface area contributed by atoms with E-state index in [9.17, 15) is 0 Å². The minimum Gasteiger partial charge on any atom is -0.357 e. The monoisotopic (exact) mass is 371 g/mol. The third-order valence-corrected chi connectivity index (χ3v) is 4.48. The molecule has 6 bridgehead atoms. The Morgan fingerprint density at radius 3 is 2.61 bits per heavy atom. The first-order valence-corrected chi connectivity index (χ1v) is 7.84. The zero-order valence-corrected chi connectivity index (χ0v) is 16.0. The summed E-state index contributed by atoms with van der Waals surface area (Å²) in [5.41, 5.74) is 9.07. The van der Waals surface area contributed by atoms with E-state index >= 15 is 0 Å². The fraction of sp³-hybridized carbons (Fsp3) is 0.182. The van der Waals surface area contributed by atoms with Crippen LogP contribution in [0.3, 0.4) is 0 Å². The van der Waals surface area contributed by atoms with Gasteiger partial charge in [0, 0.05) is 32.7 Å². The number of allylic oxidation sites excluding steroid dienone is 11. The van der Waals surface area contributed by atoms with Crippen LogP contribution in [0.2, 0.25) is 0 Å². The van der Waals surface area contributed by atoms with Gasteiger partial charge in [-0.1, -0.05) is 54.0 Å². The van der Waals surface area contributed by atoms with Crippen LogP contribution in [0.15, 0.2) is 76.9 Å². The van der Waals surface area contributed by atoms with Gasteiger partial charge in [0.25, 0.3) is 0 Å². The van der Waals surface area contributed by atoms with Crippen LogP contribution in [0, 0.1) is 12.7 Å². The normalized spacial score (nSPS) is 19.2. The van der Waals surface area contributed by atoms with Gasteiger partial charge in [0.1, 0.15) is 0 Å². The molecule has 0 atom stereocenters. The molecule has 0 aliphatic heterocycles. The molecule has 0 N–H and O–H groups in total. The van der Waals surface area contributed by atoms with E-state index in [1.165, 1.54) is 33.4 Å². The Bertz CT molecular complexity index is 797.